The van der Waals surface area contributed by atoms with Crippen molar-refractivity contribution in [2.45, 2.75) is 13.8 Å². The molecular weight excluding hydrogens is 359 g/mol. The molecule has 25 heavy (non-hydrogen) atoms. The van der Waals surface area contributed by atoms with E-state index >= 15 is 0 Å². The van der Waals surface area contributed by atoms with Crippen molar-refractivity contribution in [3.63, 3.8) is 0 Å². The van der Waals surface area contributed by atoms with Crippen LogP contribution in [0, 0.1) is 0 Å². The van der Waals surface area contributed by atoms with E-state index in [-0.39, 0.29) is 11.5 Å². The summed E-state index contributed by atoms with van der Waals surface area (Å²) < 4.78 is 11.3. The van der Waals surface area contributed by atoms with Crippen LogP contribution in [0.25, 0.3) is 6.08 Å². The molecule has 0 radical (unpaired) electrons. The van der Waals surface area contributed by atoms with Gasteiger partial charge in [0.15, 0.2) is 5.76 Å². The number of halogens is 2. The van der Waals surface area contributed by atoms with Crippen molar-refractivity contribution in [1.82, 2.24) is 0 Å². The molecule has 0 amide bonds. The van der Waals surface area contributed by atoms with Gasteiger partial charge in [0.05, 0.1) is 5.56 Å². The topological polar surface area (TPSA) is 35.5 Å². The molecule has 1 aliphatic heterocycles. The first-order valence-corrected chi connectivity index (χ1v) is 8.50. The largest absolute Gasteiger partial charge is 0.489 e. The van der Waals surface area contributed by atoms with E-state index in [9.17, 15) is 4.79 Å². The van der Waals surface area contributed by atoms with Crippen LogP contribution < -0.4 is 9.47 Å². The predicted octanol–water partition coefficient (Wildman–Crippen LogP) is 5.95. The molecule has 2 aromatic rings. The average Bonchev–Trinajstić information content (AvgIpc) is 2.86. The van der Waals surface area contributed by atoms with E-state index < -0.39 is 0 Å². The average molecular weight is 375 g/mol. The Kier molecular flexibility index (Phi) is 5.16. The number of carbonyl (C=O) groups is 1. The van der Waals surface area contributed by atoms with E-state index in [2.05, 4.69) is 0 Å². The fourth-order valence-electron chi connectivity index (χ4n) is 2.34. The summed E-state index contributed by atoms with van der Waals surface area (Å²) in [4.78, 5) is 12.5. The molecule has 0 unspecified atom stereocenters. The number of ether oxygens (including phenoxy) is 2. The maximum Gasteiger partial charge on any atom is 0.231 e. The minimum Gasteiger partial charge on any atom is -0.489 e. The van der Waals surface area contributed by atoms with Crippen molar-refractivity contribution in [2.24, 2.45) is 0 Å². The number of hydrogen-bond acceptors (Lipinski definition) is 3. The van der Waals surface area contributed by atoms with Crippen molar-refractivity contribution in [3.8, 4) is 11.5 Å². The first-order valence-electron chi connectivity index (χ1n) is 7.74. The minimum absolute atomic E-state index is 0.187. The summed E-state index contributed by atoms with van der Waals surface area (Å²) in [5, 5.41) is 0.913. The van der Waals surface area contributed by atoms with Crippen molar-refractivity contribution < 1.29 is 14.3 Å². The molecular formula is C20H16Cl2O3. The van der Waals surface area contributed by atoms with Gasteiger partial charge < -0.3 is 9.47 Å². The molecule has 0 fully saturated rings. The van der Waals surface area contributed by atoms with Crippen LogP contribution in [0.3, 0.4) is 0 Å². The molecule has 0 saturated heterocycles. The van der Waals surface area contributed by atoms with E-state index in [1.54, 1.807) is 42.5 Å². The molecule has 0 aliphatic carbocycles. The zero-order valence-electron chi connectivity index (χ0n) is 13.8. The van der Waals surface area contributed by atoms with Crippen LogP contribution in [0.1, 0.15) is 29.8 Å². The number of benzene rings is 2. The zero-order valence-corrected chi connectivity index (χ0v) is 15.3. The van der Waals surface area contributed by atoms with Crippen LogP contribution >= 0.6 is 23.2 Å². The van der Waals surface area contributed by atoms with Gasteiger partial charge in [-0.2, -0.15) is 0 Å². The van der Waals surface area contributed by atoms with E-state index in [1.165, 1.54) is 5.57 Å². The summed E-state index contributed by atoms with van der Waals surface area (Å²) >= 11 is 12.3. The van der Waals surface area contributed by atoms with E-state index in [0.717, 1.165) is 0 Å². The predicted molar refractivity (Wildman–Crippen MR) is 101 cm³/mol. The summed E-state index contributed by atoms with van der Waals surface area (Å²) in [5.74, 6) is 1.09. The molecule has 0 bridgehead atoms. The number of hydrogen-bond donors (Lipinski definition) is 0. The van der Waals surface area contributed by atoms with E-state index in [0.29, 0.717) is 39.3 Å². The van der Waals surface area contributed by atoms with Gasteiger partial charge in [0.25, 0.3) is 0 Å². The third-order valence-corrected chi connectivity index (χ3v) is 4.32. The second kappa shape index (κ2) is 7.34. The SMILES string of the molecule is CC(C)=CCOc1ccc2c(c1)OC(=Cc1c(Cl)cccc1Cl)C2=O. The van der Waals surface area contributed by atoms with Gasteiger partial charge in [-0.3, -0.25) is 4.79 Å². The maximum atomic E-state index is 12.5. The van der Waals surface area contributed by atoms with Crippen LogP contribution in [0.4, 0.5) is 0 Å². The normalized spacial score (nSPS) is 14.2. The summed E-state index contributed by atoms with van der Waals surface area (Å²) in [5.41, 5.74) is 2.22. The first-order chi connectivity index (χ1) is 12.0. The molecule has 3 nitrogen and oxygen atoms in total. The zero-order chi connectivity index (χ0) is 18.0. The maximum absolute atomic E-state index is 12.5. The fourth-order valence-corrected chi connectivity index (χ4v) is 2.85. The summed E-state index contributed by atoms with van der Waals surface area (Å²) in [6, 6.07) is 10.3. The lowest BCUT2D eigenvalue weighted by molar-refractivity contribution is 0.101. The van der Waals surface area contributed by atoms with Gasteiger partial charge in [-0.1, -0.05) is 34.8 Å². The van der Waals surface area contributed by atoms with Crippen molar-refractivity contribution >= 4 is 35.1 Å². The molecule has 0 spiro atoms. The van der Waals surface area contributed by atoms with Crippen LogP contribution in [0.5, 0.6) is 11.5 Å². The van der Waals surface area contributed by atoms with Crippen molar-refractivity contribution in [3.05, 3.63) is 75.0 Å². The van der Waals surface area contributed by atoms with Gasteiger partial charge in [-0.05, 0) is 50.3 Å². The minimum atomic E-state index is -0.207. The summed E-state index contributed by atoms with van der Waals surface area (Å²) in [6.07, 6.45) is 3.54. The Bertz CT molecular complexity index is 874. The van der Waals surface area contributed by atoms with Gasteiger partial charge in [-0.15, -0.1) is 0 Å². The lowest BCUT2D eigenvalue weighted by atomic mass is 10.1. The number of allylic oxidation sites excluding steroid dienone is 2. The fraction of sp³-hybridized carbons (Fsp3) is 0.150. The van der Waals surface area contributed by atoms with Crippen LogP contribution in [0.2, 0.25) is 10.0 Å². The van der Waals surface area contributed by atoms with Crippen LogP contribution in [-0.2, 0) is 0 Å². The van der Waals surface area contributed by atoms with Crippen molar-refractivity contribution in [1.29, 1.82) is 0 Å². The van der Waals surface area contributed by atoms with E-state index in [1.807, 2.05) is 19.9 Å². The van der Waals surface area contributed by atoms with Gasteiger partial charge >= 0.3 is 0 Å². The molecule has 128 valence electrons. The smallest absolute Gasteiger partial charge is 0.231 e. The Balaban J connectivity index is 1.86. The highest BCUT2D eigenvalue weighted by molar-refractivity contribution is 6.37. The second-order valence-electron chi connectivity index (χ2n) is 5.83. The lowest BCUT2D eigenvalue weighted by Crippen LogP contribution is -1.98. The van der Waals surface area contributed by atoms with Gasteiger partial charge in [-0.25, -0.2) is 0 Å². The lowest BCUT2D eigenvalue weighted by Gasteiger charge is -2.05. The van der Waals surface area contributed by atoms with Crippen LogP contribution in [0.15, 0.2) is 53.8 Å². The molecule has 2 aromatic carbocycles. The molecule has 0 atom stereocenters. The highest BCUT2D eigenvalue weighted by atomic mass is 35.5. The molecule has 1 heterocycles. The second-order valence-corrected chi connectivity index (χ2v) is 6.64. The number of Topliss-reactive ketones (excluding diaryl/α,β-unsaturated/α-hetero) is 1. The standard InChI is InChI=1S/C20H16Cl2O3/c1-12(2)8-9-24-13-6-7-14-18(10-13)25-19(20(14)23)11-15-16(21)4-3-5-17(15)22/h3-8,10-11H,9H2,1-2H3. The summed E-state index contributed by atoms with van der Waals surface area (Å²) in [7, 11) is 0. The molecule has 0 saturated carbocycles. The van der Waals surface area contributed by atoms with Gasteiger partial charge in [0.2, 0.25) is 5.78 Å². The van der Waals surface area contributed by atoms with Crippen LogP contribution in [-0.4, -0.2) is 12.4 Å². The Morgan fingerprint density at radius 3 is 2.56 bits per heavy atom. The third kappa shape index (κ3) is 3.89. The number of ketones is 1. The Morgan fingerprint density at radius 1 is 1.16 bits per heavy atom. The highest BCUT2D eigenvalue weighted by Gasteiger charge is 2.28. The molecule has 0 N–H and O–H groups in total. The molecule has 5 heteroatoms. The first kappa shape index (κ1) is 17.6. The molecule has 0 aromatic heterocycles. The number of fused-ring (bicyclic) bond motifs is 1. The summed E-state index contributed by atoms with van der Waals surface area (Å²) in [6.45, 7) is 4.47. The molecule has 3 rings (SSSR count). The Labute approximate surface area is 156 Å². The third-order valence-electron chi connectivity index (χ3n) is 3.66. The van der Waals surface area contributed by atoms with E-state index in [4.69, 9.17) is 32.7 Å². The monoisotopic (exact) mass is 374 g/mol. The molecule has 1 aliphatic rings. The number of rotatable bonds is 4. The Hall–Kier alpha value is -2.23. The quantitative estimate of drug-likeness (QED) is 0.489. The highest BCUT2D eigenvalue weighted by Crippen LogP contribution is 2.36. The Morgan fingerprint density at radius 2 is 1.88 bits per heavy atom. The van der Waals surface area contributed by atoms with Crippen molar-refractivity contribution in [2.75, 3.05) is 6.61 Å². The number of carbonyl (C=O) groups excluding carboxylic acids is 1. The van der Waals surface area contributed by atoms with Gasteiger partial charge in [0, 0.05) is 21.7 Å². The van der Waals surface area contributed by atoms with Gasteiger partial charge in [0.1, 0.15) is 18.1 Å².